The molecule has 0 saturated carbocycles. The average Bonchev–Trinajstić information content (AvgIpc) is 2.45. The van der Waals surface area contributed by atoms with E-state index < -0.39 is 0 Å². The molecule has 21 heavy (non-hydrogen) atoms. The van der Waals surface area contributed by atoms with E-state index in [1.54, 1.807) is 43.5 Å². The molecule has 4 nitrogen and oxygen atoms in total. The van der Waals surface area contributed by atoms with Crippen LogP contribution in [0.1, 0.15) is 6.92 Å². The Hall–Kier alpha value is -1.43. The van der Waals surface area contributed by atoms with Crippen molar-refractivity contribution < 1.29 is 4.79 Å². The monoisotopic (exact) mass is 341 g/mol. The minimum Gasteiger partial charge on any atom is -0.397 e. The Morgan fingerprint density at radius 1 is 1.29 bits per heavy atom. The number of nitrogen functional groups attached to an aromatic ring is 1. The number of amides is 1. The molecule has 0 spiro atoms. The topological polar surface area (TPSA) is 68.0 Å². The number of benzene rings is 1. The van der Waals surface area contributed by atoms with Crippen molar-refractivity contribution in [1.29, 1.82) is 0 Å². The fraction of sp³-hybridized carbons (Fsp3) is 0.143. The number of thioether (sulfide) groups is 1. The molecule has 1 aromatic heterocycles. The summed E-state index contributed by atoms with van der Waals surface area (Å²) in [5.41, 5.74) is 6.77. The van der Waals surface area contributed by atoms with E-state index in [0.29, 0.717) is 21.4 Å². The van der Waals surface area contributed by atoms with Crippen LogP contribution in [0, 0.1) is 0 Å². The fourth-order valence-electron chi connectivity index (χ4n) is 1.54. The molecule has 2 aromatic rings. The summed E-state index contributed by atoms with van der Waals surface area (Å²) in [7, 11) is 0. The number of hydrogen-bond acceptors (Lipinski definition) is 4. The molecule has 3 N–H and O–H groups in total. The molecule has 0 saturated heterocycles. The Morgan fingerprint density at radius 3 is 2.67 bits per heavy atom. The zero-order valence-corrected chi connectivity index (χ0v) is 13.5. The average molecular weight is 342 g/mol. The molecule has 7 heteroatoms. The fourth-order valence-corrected chi connectivity index (χ4v) is 2.61. The second kappa shape index (κ2) is 7.02. The van der Waals surface area contributed by atoms with Gasteiger partial charge in [0, 0.05) is 11.2 Å². The van der Waals surface area contributed by atoms with Gasteiger partial charge >= 0.3 is 0 Å². The first-order valence-electron chi connectivity index (χ1n) is 6.10. The van der Waals surface area contributed by atoms with Crippen molar-refractivity contribution in [3.63, 3.8) is 0 Å². The van der Waals surface area contributed by atoms with Gasteiger partial charge in [-0.05, 0) is 37.3 Å². The van der Waals surface area contributed by atoms with Gasteiger partial charge in [0.05, 0.1) is 26.7 Å². The predicted octanol–water partition coefficient (Wildman–Crippen LogP) is 4.09. The third-order valence-corrected chi connectivity index (χ3v) is 4.15. The Morgan fingerprint density at radius 2 is 2.00 bits per heavy atom. The van der Waals surface area contributed by atoms with E-state index in [0.717, 1.165) is 5.03 Å². The highest BCUT2D eigenvalue weighted by molar-refractivity contribution is 8.00. The minimum absolute atomic E-state index is 0.175. The molecule has 1 amide bonds. The van der Waals surface area contributed by atoms with Crippen molar-refractivity contribution >= 4 is 52.2 Å². The number of halogens is 2. The minimum atomic E-state index is -0.336. The van der Waals surface area contributed by atoms with Gasteiger partial charge in [0.15, 0.2) is 0 Å². The standard InChI is InChI=1S/C14H13Cl2N3OS/c1-8(21-13-5-3-10(16)7-18-13)14(20)19-12-6-9(15)2-4-11(12)17/h2-8H,17H2,1H3,(H,19,20). The highest BCUT2D eigenvalue weighted by atomic mass is 35.5. The van der Waals surface area contributed by atoms with Crippen molar-refractivity contribution in [2.45, 2.75) is 17.2 Å². The maximum Gasteiger partial charge on any atom is 0.237 e. The van der Waals surface area contributed by atoms with Crippen LogP contribution in [-0.2, 0) is 4.79 Å². The largest absolute Gasteiger partial charge is 0.397 e. The van der Waals surface area contributed by atoms with Crippen LogP contribution in [0.5, 0.6) is 0 Å². The first kappa shape index (κ1) is 15.9. The van der Waals surface area contributed by atoms with Gasteiger partial charge in [-0.25, -0.2) is 4.98 Å². The number of nitrogens with zero attached hydrogens (tertiary/aromatic N) is 1. The molecule has 0 bridgehead atoms. The van der Waals surface area contributed by atoms with Crippen molar-refractivity contribution in [2.24, 2.45) is 0 Å². The van der Waals surface area contributed by atoms with Gasteiger partial charge in [0.2, 0.25) is 5.91 Å². The number of anilines is 2. The molecule has 110 valence electrons. The zero-order valence-electron chi connectivity index (χ0n) is 11.1. The molecule has 0 aliphatic heterocycles. The van der Waals surface area contributed by atoms with Gasteiger partial charge in [0.25, 0.3) is 0 Å². The lowest BCUT2D eigenvalue weighted by Gasteiger charge is -2.13. The molecule has 0 aliphatic carbocycles. The number of nitrogens with two attached hydrogens (primary N) is 1. The molecule has 1 unspecified atom stereocenters. The molecular formula is C14H13Cl2N3OS. The third kappa shape index (κ3) is 4.52. The molecule has 0 fully saturated rings. The maximum absolute atomic E-state index is 12.2. The lowest BCUT2D eigenvalue weighted by atomic mass is 10.2. The molecule has 1 heterocycles. The van der Waals surface area contributed by atoms with Gasteiger partial charge in [-0.3, -0.25) is 4.79 Å². The van der Waals surface area contributed by atoms with E-state index in [1.165, 1.54) is 11.8 Å². The Bertz CT molecular complexity index is 649. The quantitative estimate of drug-likeness (QED) is 0.649. The van der Waals surface area contributed by atoms with Crippen LogP contribution in [0.25, 0.3) is 0 Å². The summed E-state index contributed by atoms with van der Waals surface area (Å²) in [5, 5.41) is 4.22. The van der Waals surface area contributed by atoms with Crippen molar-refractivity contribution in [1.82, 2.24) is 4.98 Å². The number of hydrogen-bond donors (Lipinski definition) is 2. The van der Waals surface area contributed by atoms with E-state index in [-0.39, 0.29) is 11.2 Å². The van der Waals surface area contributed by atoms with Crippen LogP contribution in [-0.4, -0.2) is 16.1 Å². The van der Waals surface area contributed by atoms with Gasteiger partial charge in [-0.15, -0.1) is 0 Å². The van der Waals surface area contributed by atoms with Gasteiger partial charge < -0.3 is 11.1 Å². The molecule has 0 radical (unpaired) electrons. The normalized spacial score (nSPS) is 12.0. The van der Waals surface area contributed by atoms with E-state index in [9.17, 15) is 4.79 Å². The SMILES string of the molecule is CC(Sc1ccc(Cl)cn1)C(=O)Nc1cc(Cl)ccc1N. The van der Waals surface area contributed by atoms with Crippen LogP contribution >= 0.6 is 35.0 Å². The second-order valence-corrected chi connectivity index (χ2v) is 6.53. The van der Waals surface area contributed by atoms with E-state index in [1.807, 2.05) is 0 Å². The third-order valence-electron chi connectivity index (χ3n) is 2.64. The van der Waals surface area contributed by atoms with E-state index in [4.69, 9.17) is 28.9 Å². The highest BCUT2D eigenvalue weighted by Gasteiger charge is 2.16. The number of rotatable bonds is 4. The smallest absolute Gasteiger partial charge is 0.237 e. The van der Waals surface area contributed by atoms with Crippen LogP contribution < -0.4 is 11.1 Å². The van der Waals surface area contributed by atoms with Crippen molar-refractivity contribution in [3.05, 3.63) is 46.6 Å². The summed E-state index contributed by atoms with van der Waals surface area (Å²) in [6.45, 7) is 1.79. The number of carbonyl (C=O) groups is 1. The number of pyridine rings is 1. The number of carbonyl (C=O) groups excluding carboxylic acids is 1. The predicted molar refractivity (Wildman–Crippen MR) is 89.1 cm³/mol. The second-order valence-electron chi connectivity index (χ2n) is 4.30. The summed E-state index contributed by atoms with van der Waals surface area (Å²) in [4.78, 5) is 16.3. The number of nitrogens with one attached hydrogen (secondary N) is 1. The first-order chi connectivity index (χ1) is 9.95. The summed E-state index contributed by atoms with van der Waals surface area (Å²) >= 11 is 13.0. The molecular weight excluding hydrogens is 329 g/mol. The van der Waals surface area contributed by atoms with Crippen LogP contribution in [0.2, 0.25) is 10.0 Å². The first-order valence-corrected chi connectivity index (χ1v) is 7.73. The zero-order chi connectivity index (χ0) is 15.4. The molecule has 2 rings (SSSR count). The summed E-state index contributed by atoms with van der Waals surface area (Å²) < 4.78 is 0. The maximum atomic E-state index is 12.2. The van der Waals surface area contributed by atoms with E-state index in [2.05, 4.69) is 10.3 Å². The van der Waals surface area contributed by atoms with Gasteiger partial charge in [0.1, 0.15) is 0 Å². The van der Waals surface area contributed by atoms with E-state index >= 15 is 0 Å². The number of aromatic nitrogens is 1. The molecule has 1 aromatic carbocycles. The Labute approximate surface area is 137 Å². The van der Waals surface area contributed by atoms with Crippen molar-refractivity contribution in [2.75, 3.05) is 11.1 Å². The van der Waals surface area contributed by atoms with Crippen LogP contribution in [0.15, 0.2) is 41.6 Å². The lowest BCUT2D eigenvalue weighted by molar-refractivity contribution is -0.115. The summed E-state index contributed by atoms with van der Waals surface area (Å²) in [6, 6.07) is 8.44. The lowest BCUT2D eigenvalue weighted by Crippen LogP contribution is -2.23. The Balaban J connectivity index is 2.02. The highest BCUT2D eigenvalue weighted by Crippen LogP contribution is 2.26. The molecule has 1 atom stereocenters. The van der Waals surface area contributed by atoms with Crippen LogP contribution in [0.4, 0.5) is 11.4 Å². The van der Waals surface area contributed by atoms with Gasteiger partial charge in [-0.2, -0.15) is 0 Å². The van der Waals surface area contributed by atoms with Gasteiger partial charge in [-0.1, -0.05) is 35.0 Å². The Kier molecular flexibility index (Phi) is 5.33. The van der Waals surface area contributed by atoms with Crippen LogP contribution in [0.3, 0.4) is 0 Å². The summed E-state index contributed by atoms with van der Waals surface area (Å²) in [6.07, 6.45) is 1.55. The molecule has 0 aliphatic rings. The summed E-state index contributed by atoms with van der Waals surface area (Å²) in [5.74, 6) is -0.175. The van der Waals surface area contributed by atoms with Crippen molar-refractivity contribution in [3.8, 4) is 0 Å².